The highest BCUT2D eigenvalue weighted by atomic mass is 127. The average Bonchev–Trinajstić information content (AvgIpc) is 3.13. The molecule has 0 bridgehead atoms. The van der Waals surface area contributed by atoms with E-state index in [4.69, 9.17) is 16.6 Å². The van der Waals surface area contributed by atoms with Gasteiger partial charge in [0, 0.05) is 18.7 Å². The van der Waals surface area contributed by atoms with Crippen LogP contribution >= 0.6 is 34.2 Å². The zero-order chi connectivity index (χ0) is 13.7. The predicted octanol–water partition coefficient (Wildman–Crippen LogP) is 3.63. The summed E-state index contributed by atoms with van der Waals surface area (Å²) in [5.74, 6) is 1.26. The van der Waals surface area contributed by atoms with Gasteiger partial charge in [-0.1, -0.05) is 11.6 Å². The Kier molecular flexibility index (Phi) is 3.29. The lowest BCUT2D eigenvalue weighted by atomic mass is 10.1. The molecule has 100 valence electrons. The van der Waals surface area contributed by atoms with E-state index in [9.17, 15) is 0 Å². The van der Waals surface area contributed by atoms with Crippen LogP contribution in [0.5, 0.6) is 0 Å². The maximum atomic E-state index is 6.27. The van der Waals surface area contributed by atoms with Gasteiger partial charge in [-0.05, 0) is 49.3 Å². The molecule has 0 aromatic carbocycles. The number of halogens is 2. The summed E-state index contributed by atoms with van der Waals surface area (Å²) >= 11 is 8.51. The molecule has 6 heteroatoms. The SMILES string of the molecule is Cc1nn(C)c(C)c1-c1nc(Cl)c(I)c(C2CC2)n1. The van der Waals surface area contributed by atoms with Crippen molar-refractivity contribution in [2.24, 2.45) is 7.05 Å². The van der Waals surface area contributed by atoms with Gasteiger partial charge in [0.2, 0.25) is 0 Å². The van der Waals surface area contributed by atoms with Gasteiger partial charge in [0.25, 0.3) is 0 Å². The molecule has 1 saturated carbocycles. The maximum Gasteiger partial charge on any atom is 0.164 e. The molecule has 2 aromatic heterocycles. The molecule has 0 N–H and O–H groups in total. The van der Waals surface area contributed by atoms with Crippen LogP contribution in [0.15, 0.2) is 0 Å². The molecule has 0 saturated heterocycles. The molecular weight excluding hydrogens is 375 g/mol. The molecule has 4 nitrogen and oxygen atoms in total. The molecule has 0 radical (unpaired) electrons. The van der Waals surface area contributed by atoms with E-state index >= 15 is 0 Å². The van der Waals surface area contributed by atoms with Crippen molar-refractivity contribution in [3.8, 4) is 11.4 Å². The molecule has 2 aromatic rings. The maximum absolute atomic E-state index is 6.27. The van der Waals surface area contributed by atoms with Gasteiger partial charge in [-0.2, -0.15) is 5.10 Å². The number of rotatable bonds is 2. The van der Waals surface area contributed by atoms with Gasteiger partial charge >= 0.3 is 0 Å². The van der Waals surface area contributed by atoms with Gasteiger partial charge in [-0.3, -0.25) is 4.68 Å². The third-order valence-electron chi connectivity index (χ3n) is 3.53. The lowest BCUT2D eigenvalue weighted by Gasteiger charge is -2.07. The number of aryl methyl sites for hydroxylation is 2. The Morgan fingerprint density at radius 2 is 1.95 bits per heavy atom. The molecule has 1 aliphatic rings. The largest absolute Gasteiger partial charge is 0.272 e. The first-order valence-corrected chi connectivity index (χ1v) is 7.68. The van der Waals surface area contributed by atoms with E-state index in [-0.39, 0.29) is 0 Å². The number of hydrogen-bond donors (Lipinski definition) is 0. The van der Waals surface area contributed by atoms with Gasteiger partial charge in [0.1, 0.15) is 5.15 Å². The minimum absolute atomic E-state index is 0.551. The Morgan fingerprint density at radius 1 is 1.26 bits per heavy atom. The highest BCUT2D eigenvalue weighted by Crippen LogP contribution is 2.43. The topological polar surface area (TPSA) is 43.6 Å². The molecule has 2 heterocycles. The Morgan fingerprint density at radius 3 is 2.47 bits per heavy atom. The number of aromatic nitrogens is 4. The van der Waals surface area contributed by atoms with Crippen LogP contribution in [0.2, 0.25) is 5.15 Å². The van der Waals surface area contributed by atoms with Crippen LogP contribution < -0.4 is 0 Å². The highest BCUT2D eigenvalue weighted by molar-refractivity contribution is 14.1. The monoisotopic (exact) mass is 388 g/mol. The van der Waals surface area contributed by atoms with Crippen molar-refractivity contribution < 1.29 is 0 Å². The van der Waals surface area contributed by atoms with Gasteiger partial charge in [-0.25, -0.2) is 9.97 Å². The molecular formula is C13H14ClIN4. The van der Waals surface area contributed by atoms with Crippen LogP contribution in [0.3, 0.4) is 0 Å². The van der Waals surface area contributed by atoms with Crippen molar-refractivity contribution in [1.29, 1.82) is 0 Å². The second-order valence-electron chi connectivity index (χ2n) is 4.98. The van der Waals surface area contributed by atoms with E-state index in [0.29, 0.717) is 16.9 Å². The zero-order valence-electron chi connectivity index (χ0n) is 11.0. The predicted molar refractivity (Wildman–Crippen MR) is 83.4 cm³/mol. The normalized spacial score (nSPS) is 15.0. The minimum atomic E-state index is 0.551. The standard InChI is InChI=1S/C13H14ClIN4/c1-6-9(7(2)19(3)18-6)13-16-11(8-4-5-8)10(15)12(14)17-13/h8H,4-5H2,1-3H3. The van der Waals surface area contributed by atoms with Gasteiger partial charge in [0.15, 0.2) is 5.82 Å². The molecule has 3 rings (SSSR count). The molecule has 0 amide bonds. The summed E-state index contributed by atoms with van der Waals surface area (Å²) in [5, 5.41) is 4.97. The number of nitrogens with zero attached hydrogens (tertiary/aromatic N) is 4. The fourth-order valence-corrected chi connectivity index (χ4v) is 3.13. The first-order chi connectivity index (χ1) is 8.99. The first-order valence-electron chi connectivity index (χ1n) is 6.22. The molecule has 0 spiro atoms. The molecule has 19 heavy (non-hydrogen) atoms. The summed E-state index contributed by atoms with van der Waals surface area (Å²) < 4.78 is 2.85. The molecule has 0 aliphatic heterocycles. The fourth-order valence-electron chi connectivity index (χ4n) is 2.27. The Labute approximate surface area is 130 Å². The second-order valence-corrected chi connectivity index (χ2v) is 6.42. The first kappa shape index (κ1) is 13.3. The summed E-state index contributed by atoms with van der Waals surface area (Å²) in [5.41, 5.74) is 4.11. The third kappa shape index (κ3) is 2.27. The number of hydrogen-bond acceptors (Lipinski definition) is 3. The van der Waals surface area contributed by atoms with Crippen molar-refractivity contribution in [2.75, 3.05) is 0 Å². The van der Waals surface area contributed by atoms with Crippen LogP contribution in [0.4, 0.5) is 0 Å². The smallest absolute Gasteiger partial charge is 0.164 e. The lowest BCUT2D eigenvalue weighted by Crippen LogP contribution is -2.01. The molecule has 0 unspecified atom stereocenters. The van der Waals surface area contributed by atoms with E-state index in [0.717, 1.165) is 26.2 Å². The molecule has 0 atom stereocenters. The Hall–Kier alpha value is -0.690. The van der Waals surface area contributed by atoms with E-state index in [1.807, 2.05) is 25.6 Å². The van der Waals surface area contributed by atoms with Crippen LogP contribution in [-0.4, -0.2) is 19.7 Å². The van der Waals surface area contributed by atoms with Crippen LogP contribution in [-0.2, 0) is 7.05 Å². The van der Waals surface area contributed by atoms with Crippen LogP contribution in [0, 0.1) is 17.4 Å². The van der Waals surface area contributed by atoms with Crippen molar-refractivity contribution >= 4 is 34.2 Å². The molecule has 1 aliphatic carbocycles. The summed E-state index contributed by atoms with van der Waals surface area (Å²) in [6.07, 6.45) is 2.40. The zero-order valence-corrected chi connectivity index (χ0v) is 13.9. The van der Waals surface area contributed by atoms with Crippen LogP contribution in [0.25, 0.3) is 11.4 Å². The van der Waals surface area contributed by atoms with Gasteiger partial charge < -0.3 is 0 Å². The summed E-state index contributed by atoms with van der Waals surface area (Å²) in [7, 11) is 1.93. The Balaban J connectivity index is 2.20. The third-order valence-corrected chi connectivity index (χ3v) is 5.19. The van der Waals surface area contributed by atoms with Gasteiger partial charge in [0.05, 0.1) is 20.5 Å². The van der Waals surface area contributed by atoms with Gasteiger partial charge in [-0.15, -0.1) is 0 Å². The van der Waals surface area contributed by atoms with Crippen molar-refractivity contribution in [1.82, 2.24) is 19.7 Å². The molecule has 1 fully saturated rings. The van der Waals surface area contributed by atoms with E-state index in [1.165, 1.54) is 12.8 Å². The van der Waals surface area contributed by atoms with E-state index in [1.54, 1.807) is 0 Å². The quantitative estimate of drug-likeness (QED) is 0.583. The summed E-state index contributed by atoms with van der Waals surface area (Å²) in [4.78, 5) is 9.19. The summed E-state index contributed by atoms with van der Waals surface area (Å²) in [6.45, 7) is 4.01. The Bertz CT molecular complexity index is 661. The fraction of sp³-hybridized carbons (Fsp3) is 0.462. The van der Waals surface area contributed by atoms with E-state index < -0.39 is 0 Å². The van der Waals surface area contributed by atoms with E-state index in [2.05, 4.69) is 32.7 Å². The highest BCUT2D eigenvalue weighted by Gasteiger charge is 2.30. The average molecular weight is 389 g/mol. The van der Waals surface area contributed by atoms with Crippen molar-refractivity contribution in [2.45, 2.75) is 32.6 Å². The van der Waals surface area contributed by atoms with Crippen molar-refractivity contribution in [3.63, 3.8) is 0 Å². The van der Waals surface area contributed by atoms with Crippen LogP contribution in [0.1, 0.15) is 35.8 Å². The lowest BCUT2D eigenvalue weighted by molar-refractivity contribution is 0.731. The summed E-state index contributed by atoms with van der Waals surface area (Å²) in [6, 6.07) is 0. The second kappa shape index (κ2) is 4.70. The minimum Gasteiger partial charge on any atom is -0.272 e. The van der Waals surface area contributed by atoms with Crippen molar-refractivity contribution in [3.05, 3.63) is 25.8 Å².